The van der Waals surface area contributed by atoms with Crippen LogP contribution in [-0.4, -0.2) is 19.5 Å². The summed E-state index contributed by atoms with van der Waals surface area (Å²) < 4.78 is 1.37. The molecule has 1 aliphatic rings. The van der Waals surface area contributed by atoms with Gasteiger partial charge in [0.15, 0.2) is 5.65 Å². The molecular formula is C11H14N4O2. The van der Waals surface area contributed by atoms with Gasteiger partial charge in [-0.2, -0.15) is 0 Å². The zero-order valence-electron chi connectivity index (χ0n) is 9.62. The lowest BCUT2D eigenvalue weighted by molar-refractivity contribution is 0.679. The SMILES string of the molecule is Cn1c(=O)[nH]c(=O)c2[nH]c(C3CCCC3)nc21. The standard InChI is InChI=1S/C11H14N4O2/c1-15-9-7(10(16)14-11(15)17)12-8(13-9)6-4-2-3-5-6/h6H,2-5H2,1H3,(H,12,13)(H,14,16,17). The molecule has 1 aliphatic carbocycles. The minimum atomic E-state index is -0.424. The molecule has 2 aromatic rings. The summed E-state index contributed by atoms with van der Waals surface area (Å²) in [5.74, 6) is 1.24. The van der Waals surface area contributed by atoms with E-state index in [1.807, 2.05) is 0 Å². The van der Waals surface area contributed by atoms with Gasteiger partial charge in [-0.25, -0.2) is 9.78 Å². The van der Waals surface area contributed by atoms with Crippen molar-refractivity contribution >= 4 is 11.2 Å². The van der Waals surface area contributed by atoms with Crippen molar-refractivity contribution < 1.29 is 0 Å². The molecule has 0 atom stereocenters. The van der Waals surface area contributed by atoms with Gasteiger partial charge in [-0.15, -0.1) is 0 Å². The largest absolute Gasteiger partial charge is 0.336 e. The minimum absolute atomic E-state index is 0.389. The highest BCUT2D eigenvalue weighted by molar-refractivity contribution is 5.69. The Morgan fingerprint density at radius 3 is 2.65 bits per heavy atom. The van der Waals surface area contributed by atoms with Gasteiger partial charge in [-0.3, -0.25) is 14.3 Å². The molecule has 3 rings (SSSR count). The number of nitrogens with one attached hydrogen (secondary N) is 2. The summed E-state index contributed by atoms with van der Waals surface area (Å²) in [5, 5.41) is 0. The Labute approximate surface area is 96.7 Å². The highest BCUT2D eigenvalue weighted by atomic mass is 16.2. The van der Waals surface area contributed by atoms with Crippen molar-refractivity contribution in [2.45, 2.75) is 31.6 Å². The first kappa shape index (κ1) is 10.3. The van der Waals surface area contributed by atoms with E-state index in [0.717, 1.165) is 18.7 Å². The molecule has 1 fully saturated rings. The minimum Gasteiger partial charge on any atom is -0.336 e. The van der Waals surface area contributed by atoms with Gasteiger partial charge in [0, 0.05) is 13.0 Å². The van der Waals surface area contributed by atoms with Crippen molar-refractivity contribution in [3.63, 3.8) is 0 Å². The zero-order valence-corrected chi connectivity index (χ0v) is 9.62. The molecule has 2 N–H and O–H groups in total. The first-order chi connectivity index (χ1) is 8.16. The predicted octanol–water partition coefficient (Wildman–Crippen LogP) is 0.607. The molecule has 0 radical (unpaired) electrons. The molecule has 6 heteroatoms. The Morgan fingerprint density at radius 1 is 1.24 bits per heavy atom. The Balaban J connectivity index is 2.25. The van der Waals surface area contributed by atoms with Crippen LogP contribution in [0.25, 0.3) is 11.2 Å². The Morgan fingerprint density at radius 2 is 1.94 bits per heavy atom. The first-order valence-corrected chi connectivity index (χ1v) is 5.86. The molecular weight excluding hydrogens is 220 g/mol. The van der Waals surface area contributed by atoms with Gasteiger partial charge in [0.05, 0.1) is 0 Å². The second-order valence-electron chi connectivity index (χ2n) is 4.62. The Kier molecular flexibility index (Phi) is 2.17. The summed E-state index contributed by atoms with van der Waals surface area (Å²) >= 11 is 0. The molecule has 2 aromatic heterocycles. The van der Waals surface area contributed by atoms with Crippen LogP contribution in [0.15, 0.2) is 9.59 Å². The van der Waals surface area contributed by atoms with Crippen LogP contribution in [0.5, 0.6) is 0 Å². The van der Waals surface area contributed by atoms with Crippen molar-refractivity contribution in [3.05, 3.63) is 26.7 Å². The van der Waals surface area contributed by atoms with Gasteiger partial charge in [0.25, 0.3) is 5.56 Å². The average molecular weight is 234 g/mol. The van der Waals surface area contributed by atoms with E-state index < -0.39 is 5.69 Å². The lowest BCUT2D eigenvalue weighted by Crippen LogP contribution is -2.28. The van der Waals surface area contributed by atoms with Crippen LogP contribution in [-0.2, 0) is 7.05 Å². The van der Waals surface area contributed by atoms with E-state index in [0.29, 0.717) is 17.1 Å². The molecule has 0 spiro atoms. The van der Waals surface area contributed by atoms with Crippen LogP contribution in [0, 0.1) is 0 Å². The quantitative estimate of drug-likeness (QED) is 0.758. The molecule has 0 amide bonds. The summed E-state index contributed by atoms with van der Waals surface area (Å²) in [6, 6.07) is 0. The molecule has 6 nitrogen and oxygen atoms in total. The second-order valence-corrected chi connectivity index (χ2v) is 4.62. The number of imidazole rings is 1. The third-order valence-electron chi connectivity index (χ3n) is 3.51. The van der Waals surface area contributed by atoms with Crippen molar-refractivity contribution in [3.8, 4) is 0 Å². The lowest BCUT2D eigenvalue weighted by Gasteiger charge is -2.02. The van der Waals surface area contributed by atoms with Crippen molar-refractivity contribution in [1.82, 2.24) is 19.5 Å². The van der Waals surface area contributed by atoms with Gasteiger partial charge in [-0.1, -0.05) is 12.8 Å². The molecule has 2 heterocycles. The fourth-order valence-electron chi connectivity index (χ4n) is 2.52. The Hall–Kier alpha value is -1.85. The number of nitrogens with zero attached hydrogens (tertiary/aromatic N) is 2. The second kappa shape index (κ2) is 3.58. The van der Waals surface area contributed by atoms with E-state index in [2.05, 4.69) is 15.0 Å². The third kappa shape index (κ3) is 1.51. The number of rotatable bonds is 1. The molecule has 0 aromatic carbocycles. The van der Waals surface area contributed by atoms with Crippen LogP contribution in [0.1, 0.15) is 37.4 Å². The van der Waals surface area contributed by atoms with Gasteiger partial charge in [0.2, 0.25) is 0 Å². The smallest absolute Gasteiger partial charge is 0.329 e. The topological polar surface area (TPSA) is 83.5 Å². The highest BCUT2D eigenvalue weighted by Gasteiger charge is 2.21. The molecule has 0 bridgehead atoms. The zero-order chi connectivity index (χ0) is 12.0. The van der Waals surface area contributed by atoms with Crippen molar-refractivity contribution in [2.24, 2.45) is 7.05 Å². The fourth-order valence-corrected chi connectivity index (χ4v) is 2.52. The van der Waals surface area contributed by atoms with Crippen molar-refractivity contribution in [1.29, 1.82) is 0 Å². The number of hydrogen-bond donors (Lipinski definition) is 2. The monoisotopic (exact) mass is 234 g/mol. The maximum atomic E-state index is 11.6. The van der Waals surface area contributed by atoms with E-state index in [-0.39, 0.29) is 5.56 Å². The van der Waals surface area contributed by atoms with Gasteiger partial charge in [-0.05, 0) is 12.8 Å². The van der Waals surface area contributed by atoms with Crippen LogP contribution in [0.4, 0.5) is 0 Å². The van der Waals surface area contributed by atoms with Crippen molar-refractivity contribution in [2.75, 3.05) is 0 Å². The fraction of sp³-hybridized carbons (Fsp3) is 0.545. The van der Waals surface area contributed by atoms with E-state index in [9.17, 15) is 9.59 Å². The van der Waals surface area contributed by atoms with Crippen LogP contribution < -0.4 is 11.2 Å². The average Bonchev–Trinajstić information content (AvgIpc) is 2.94. The predicted molar refractivity (Wildman–Crippen MR) is 63.2 cm³/mol. The summed E-state index contributed by atoms with van der Waals surface area (Å²) in [7, 11) is 1.61. The maximum Gasteiger partial charge on any atom is 0.329 e. The van der Waals surface area contributed by atoms with Gasteiger partial charge >= 0.3 is 5.69 Å². The summed E-state index contributed by atoms with van der Waals surface area (Å²) in [6.07, 6.45) is 4.62. The van der Waals surface area contributed by atoms with E-state index in [1.165, 1.54) is 17.4 Å². The number of aryl methyl sites for hydroxylation is 1. The maximum absolute atomic E-state index is 11.6. The first-order valence-electron chi connectivity index (χ1n) is 5.86. The molecule has 0 unspecified atom stereocenters. The molecule has 90 valence electrons. The van der Waals surface area contributed by atoms with Crippen LogP contribution in [0.3, 0.4) is 0 Å². The molecule has 0 saturated heterocycles. The van der Waals surface area contributed by atoms with E-state index in [4.69, 9.17) is 0 Å². The number of fused-ring (bicyclic) bond motifs is 1. The molecule has 0 aliphatic heterocycles. The van der Waals surface area contributed by atoms with E-state index in [1.54, 1.807) is 7.05 Å². The number of aromatic amines is 2. The number of hydrogen-bond acceptors (Lipinski definition) is 3. The van der Waals surface area contributed by atoms with Crippen LogP contribution in [0.2, 0.25) is 0 Å². The molecule has 1 saturated carbocycles. The normalized spacial score (nSPS) is 17.0. The van der Waals surface area contributed by atoms with Gasteiger partial charge in [0.1, 0.15) is 11.3 Å². The Bertz CT molecular complexity index is 673. The summed E-state index contributed by atoms with van der Waals surface area (Å²) in [5.41, 5.74) is 0.0291. The van der Waals surface area contributed by atoms with Gasteiger partial charge < -0.3 is 4.98 Å². The molecule has 17 heavy (non-hydrogen) atoms. The number of aromatic nitrogens is 4. The highest BCUT2D eigenvalue weighted by Crippen LogP contribution is 2.32. The lowest BCUT2D eigenvalue weighted by atomic mass is 10.1. The van der Waals surface area contributed by atoms with Crippen LogP contribution >= 0.6 is 0 Å². The summed E-state index contributed by atoms with van der Waals surface area (Å²) in [6.45, 7) is 0. The third-order valence-corrected chi connectivity index (χ3v) is 3.51. The van der Waals surface area contributed by atoms with E-state index >= 15 is 0 Å². The summed E-state index contributed by atoms with van der Waals surface area (Å²) in [4.78, 5) is 32.8. The number of H-pyrrole nitrogens is 2.